The van der Waals surface area contributed by atoms with E-state index in [4.69, 9.17) is 4.74 Å². The van der Waals surface area contributed by atoms with Gasteiger partial charge in [-0.05, 0) is 23.6 Å². The molecule has 0 atom stereocenters. The molecule has 0 aliphatic rings. The summed E-state index contributed by atoms with van der Waals surface area (Å²) < 4.78 is 5.10. The van der Waals surface area contributed by atoms with Gasteiger partial charge in [0, 0.05) is 7.05 Å². The fourth-order valence-corrected chi connectivity index (χ4v) is 1.50. The first-order chi connectivity index (χ1) is 8.01. The van der Waals surface area contributed by atoms with E-state index >= 15 is 0 Å². The maximum Gasteiger partial charge on any atom is 0.292 e. The zero-order valence-electron chi connectivity index (χ0n) is 10.5. The lowest BCUT2D eigenvalue weighted by molar-refractivity contribution is -0.116. The Labute approximate surface area is 101 Å². The molecule has 17 heavy (non-hydrogen) atoms. The number of rotatable bonds is 4. The molecule has 0 saturated heterocycles. The van der Waals surface area contributed by atoms with E-state index in [9.17, 15) is 9.59 Å². The molecule has 1 rings (SSSR count). The maximum atomic E-state index is 11.8. The van der Waals surface area contributed by atoms with Crippen LogP contribution in [-0.2, 0) is 4.79 Å². The van der Waals surface area contributed by atoms with Crippen LogP contribution in [0.4, 0.5) is 0 Å². The van der Waals surface area contributed by atoms with Gasteiger partial charge in [-0.1, -0.05) is 19.9 Å². The average Bonchev–Trinajstić information content (AvgIpc) is 2.35. The SMILES string of the molecule is CNC(=O)C(=O)c1cc(C(C)C)ccc1OC. The van der Waals surface area contributed by atoms with Gasteiger partial charge in [0.25, 0.3) is 11.7 Å². The normalized spacial score (nSPS) is 10.2. The van der Waals surface area contributed by atoms with Gasteiger partial charge in [-0.25, -0.2) is 0 Å². The van der Waals surface area contributed by atoms with E-state index in [2.05, 4.69) is 5.32 Å². The largest absolute Gasteiger partial charge is 0.496 e. The van der Waals surface area contributed by atoms with Gasteiger partial charge in [0.2, 0.25) is 0 Å². The van der Waals surface area contributed by atoms with Crippen LogP contribution in [0.5, 0.6) is 5.75 Å². The van der Waals surface area contributed by atoms with Crippen molar-refractivity contribution in [3.63, 3.8) is 0 Å². The average molecular weight is 235 g/mol. The Balaban J connectivity index is 3.23. The number of carbonyl (C=O) groups excluding carboxylic acids is 2. The Hall–Kier alpha value is -1.84. The molecular formula is C13H17NO3. The second kappa shape index (κ2) is 5.48. The third kappa shape index (κ3) is 2.84. The molecule has 0 saturated carbocycles. The number of hydrogen-bond donors (Lipinski definition) is 1. The third-order valence-electron chi connectivity index (χ3n) is 2.57. The first-order valence-corrected chi connectivity index (χ1v) is 5.45. The van der Waals surface area contributed by atoms with Crippen LogP contribution >= 0.6 is 0 Å². The summed E-state index contributed by atoms with van der Waals surface area (Å²) in [5.41, 5.74) is 1.30. The maximum absolute atomic E-state index is 11.8. The predicted molar refractivity (Wildman–Crippen MR) is 65.5 cm³/mol. The summed E-state index contributed by atoms with van der Waals surface area (Å²) >= 11 is 0. The van der Waals surface area contributed by atoms with Crippen molar-refractivity contribution in [3.8, 4) is 5.75 Å². The van der Waals surface area contributed by atoms with E-state index in [0.29, 0.717) is 11.3 Å². The molecule has 1 N–H and O–H groups in total. The van der Waals surface area contributed by atoms with Gasteiger partial charge in [-0.15, -0.1) is 0 Å². The van der Waals surface area contributed by atoms with Gasteiger partial charge in [0.1, 0.15) is 5.75 Å². The van der Waals surface area contributed by atoms with Crippen molar-refractivity contribution in [3.05, 3.63) is 29.3 Å². The lowest BCUT2D eigenvalue weighted by Gasteiger charge is -2.11. The first-order valence-electron chi connectivity index (χ1n) is 5.45. The van der Waals surface area contributed by atoms with E-state index in [1.165, 1.54) is 14.2 Å². The molecule has 1 aromatic carbocycles. The smallest absolute Gasteiger partial charge is 0.292 e. The summed E-state index contributed by atoms with van der Waals surface area (Å²) in [5, 5.41) is 2.32. The highest BCUT2D eigenvalue weighted by Crippen LogP contribution is 2.24. The van der Waals surface area contributed by atoms with Crippen LogP contribution < -0.4 is 10.1 Å². The monoisotopic (exact) mass is 235 g/mol. The summed E-state index contributed by atoms with van der Waals surface area (Å²) in [7, 11) is 2.91. The second-order valence-electron chi connectivity index (χ2n) is 4.02. The van der Waals surface area contributed by atoms with Gasteiger partial charge < -0.3 is 10.1 Å². The number of ketones is 1. The second-order valence-corrected chi connectivity index (χ2v) is 4.02. The number of hydrogen-bond acceptors (Lipinski definition) is 3. The molecule has 0 aliphatic carbocycles. The molecule has 4 nitrogen and oxygen atoms in total. The van der Waals surface area contributed by atoms with Gasteiger partial charge in [-0.2, -0.15) is 0 Å². The summed E-state index contributed by atoms with van der Waals surface area (Å²) in [6.45, 7) is 4.05. The van der Waals surface area contributed by atoms with E-state index in [1.807, 2.05) is 19.9 Å². The quantitative estimate of drug-likeness (QED) is 0.639. The number of Topliss-reactive ketones (excluding diaryl/α,β-unsaturated/α-hetero) is 1. The van der Waals surface area contributed by atoms with Crippen molar-refractivity contribution in [2.24, 2.45) is 0 Å². The fraction of sp³-hybridized carbons (Fsp3) is 0.385. The van der Waals surface area contributed by atoms with Gasteiger partial charge in [-0.3, -0.25) is 9.59 Å². The van der Waals surface area contributed by atoms with Crippen LogP contribution in [-0.4, -0.2) is 25.8 Å². The van der Waals surface area contributed by atoms with Crippen LogP contribution in [0.3, 0.4) is 0 Å². The topological polar surface area (TPSA) is 55.4 Å². The Morgan fingerprint density at radius 1 is 1.29 bits per heavy atom. The minimum atomic E-state index is -0.635. The van der Waals surface area contributed by atoms with E-state index in [-0.39, 0.29) is 5.92 Å². The van der Waals surface area contributed by atoms with Crippen LogP contribution in [0, 0.1) is 0 Å². The minimum absolute atomic E-state index is 0.289. The number of amides is 1. The molecule has 0 fully saturated rings. The van der Waals surface area contributed by atoms with E-state index in [0.717, 1.165) is 5.56 Å². The third-order valence-corrected chi connectivity index (χ3v) is 2.57. The Morgan fingerprint density at radius 3 is 2.41 bits per heavy atom. The Kier molecular flexibility index (Phi) is 4.26. The highest BCUT2D eigenvalue weighted by atomic mass is 16.5. The van der Waals surface area contributed by atoms with Crippen molar-refractivity contribution in [1.29, 1.82) is 0 Å². The predicted octanol–water partition coefficient (Wildman–Crippen LogP) is 1.75. The van der Waals surface area contributed by atoms with Crippen molar-refractivity contribution in [1.82, 2.24) is 5.32 Å². The molecule has 4 heteroatoms. The summed E-state index contributed by atoms with van der Waals surface area (Å²) in [4.78, 5) is 23.2. The van der Waals surface area contributed by atoms with E-state index < -0.39 is 11.7 Å². The summed E-state index contributed by atoms with van der Waals surface area (Å²) in [5.74, 6) is -0.504. The molecule has 0 aromatic heterocycles. The van der Waals surface area contributed by atoms with Gasteiger partial charge in [0.05, 0.1) is 12.7 Å². The van der Waals surface area contributed by atoms with Crippen molar-refractivity contribution in [2.75, 3.05) is 14.2 Å². The highest BCUT2D eigenvalue weighted by molar-refractivity contribution is 6.43. The first kappa shape index (κ1) is 13.2. The number of benzene rings is 1. The number of likely N-dealkylation sites (N-methyl/N-ethyl adjacent to an activating group) is 1. The van der Waals surface area contributed by atoms with Crippen molar-refractivity contribution < 1.29 is 14.3 Å². The van der Waals surface area contributed by atoms with E-state index in [1.54, 1.807) is 12.1 Å². The summed E-state index contributed by atoms with van der Waals surface area (Å²) in [6, 6.07) is 5.32. The molecule has 0 unspecified atom stereocenters. The Bertz CT molecular complexity index is 438. The number of ether oxygens (including phenoxy) is 1. The summed E-state index contributed by atoms with van der Waals surface area (Å²) in [6.07, 6.45) is 0. The molecule has 0 bridgehead atoms. The lowest BCUT2D eigenvalue weighted by atomic mass is 9.98. The van der Waals surface area contributed by atoms with Crippen LogP contribution in [0.2, 0.25) is 0 Å². The van der Waals surface area contributed by atoms with Crippen molar-refractivity contribution in [2.45, 2.75) is 19.8 Å². The molecule has 1 aromatic rings. The molecule has 0 heterocycles. The molecule has 0 radical (unpaired) electrons. The zero-order valence-corrected chi connectivity index (χ0v) is 10.5. The highest BCUT2D eigenvalue weighted by Gasteiger charge is 2.20. The molecule has 1 amide bonds. The van der Waals surface area contributed by atoms with Crippen LogP contribution in [0.15, 0.2) is 18.2 Å². The fourth-order valence-electron chi connectivity index (χ4n) is 1.50. The molecule has 0 aliphatic heterocycles. The van der Waals surface area contributed by atoms with Gasteiger partial charge in [0.15, 0.2) is 0 Å². The van der Waals surface area contributed by atoms with Crippen LogP contribution in [0.1, 0.15) is 35.7 Å². The zero-order chi connectivity index (χ0) is 13.0. The minimum Gasteiger partial charge on any atom is -0.496 e. The number of nitrogens with one attached hydrogen (secondary N) is 1. The molecular weight excluding hydrogens is 218 g/mol. The Morgan fingerprint density at radius 2 is 1.94 bits per heavy atom. The van der Waals surface area contributed by atoms with Crippen molar-refractivity contribution >= 4 is 11.7 Å². The lowest BCUT2D eigenvalue weighted by Crippen LogP contribution is -2.27. The number of methoxy groups -OCH3 is 1. The van der Waals surface area contributed by atoms with Gasteiger partial charge >= 0.3 is 0 Å². The molecule has 0 spiro atoms. The standard InChI is InChI=1S/C13H17NO3/c1-8(2)9-5-6-11(17-4)10(7-9)12(15)13(16)14-3/h5-8H,1-4H3,(H,14,16). The number of carbonyl (C=O) groups is 2. The van der Waals surface area contributed by atoms with Crippen LogP contribution in [0.25, 0.3) is 0 Å². The molecule has 92 valence electrons.